The van der Waals surface area contributed by atoms with Gasteiger partial charge in [-0.1, -0.05) is 18.2 Å². The van der Waals surface area contributed by atoms with Gasteiger partial charge in [-0.25, -0.2) is 19.5 Å². The Labute approximate surface area is 213 Å². The van der Waals surface area contributed by atoms with Gasteiger partial charge in [-0.05, 0) is 39.8 Å². The number of aliphatic hydroxyl groups is 2. The molecule has 0 fully saturated rings. The first-order valence-electron chi connectivity index (χ1n) is 11.5. The van der Waals surface area contributed by atoms with Gasteiger partial charge in [0.05, 0.1) is 18.8 Å². The number of rotatable bonds is 13. The Morgan fingerprint density at radius 2 is 1.86 bits per heavy atom. The van der Waals surface area contributed by atoms with Gasteiger partial charge in [-0.3, -0.25) is 13.9 Å². The van der Waals surface area contributed by atoms with Crippen LogP contribution in [0.4, 0.5) is 5.82 Å². The quantitative estimate of drug-likeness (QED) is 0.140. The maximum absolute atomic E-state index is 13.8. The van der Waals surface area contributed by atoms with Crippen LogP contribution in [0.2, 0.25) is 0 Å². The van der Waals surface area contributed by atoms with E-state index in [0.717, 1.165) is 0 Å². The van der Waals surface area contributed by atoms with E-state index in [2.05, 4.69) is 20.0 Å². The highest BCUT2D eigenvalue weighted by atomic mass is 31.2. The smallest absolute Gasteiger partial charge is 0.459 e. The highest BCUT2D eigenvalue weighted by Gasteiger charge is 2.38. The summed E-state index contributed by atoms with van der Waals surface area (Å²) in [6.07, 6.45) is -2.78. The highest BCUT2D eigenvalue weighted by molar-refractivity contribution is 7.52. The molecule has 37 heavy (non-hydrogen) atoms. The lowest BCUT2D eigenvalue weighted by atomic mass is 10.1. The minimum atomic E-state index is -4.25. The first-order chi connectivity index (χ1) is 17.5. The Hall–Kier alpha value is -3.13. The zero-order chi connectivity index (χ0) is 27.2. The Morgan fingerprint density at radius 1 is 1.16 bits per heavy atom. The molecule has 0 aliphatic carbocycles. The number of fused-ring (bicyclic) bond motifs is 1. The molecule has 3 aromatic rings. The number of anilines is 1. The van der Waals surface area contributed by atoms with Crippen LogP contribution in [0.1, 0.15) is 34.1 Å². The molecule has 0 aliphatic rings. The predicted octanol–water partition coefficient (Wildman–Crippen LogP) is 1.76. The standard InChI is InChI=1S/C22H31N6O8P/c1-5-33-21(30)13(2)27-37(32,36-16-9-7-6-8-10-16)35-15(4)18(14(3)29)34-22(31)28-12-26-17-19(23)24-11-25-20(17)28/h6-15,18,22,29,31H,5H2,1-4H3,(H,27,32)(H2,23,24,25)/t13?,14?,15?,18-,22?,37?/m0/s1. The first kappa shape index (κ1) is 28.4. The second kappa shape index (κ2) is 12.4. The zero-order valence-electron chi connectivity index (χ0n) is 20.8. The van der Waals surface area contributed by atoms with Gasteiger partial charge in [0.1, 0.15) is 36.1 Å². The van der Waals surface area contributed by atoms with E-state index in [1.54, 1.807) is 37.3 Å². The van der Waals surface area contributed by atoms with Crippen molar-refractivity contribution in [1.82, 2.24) is 24.6 Å². The number of esters is 1. The number of para-hydroxylation sites is 1. The number of hydrogen-bond donors (Lipinski definition) is 4. The number of aromatic nitrogens is 4. The van der Waals surface area contributed by atoms with Gasteiger partial charge in [0.25, 0.3) is 0 Å². The van der Waals surface area contributed by atoms with Crippen LogP contribution in [0.25, 0.3) is 11.2 Å². The van der Waals surface area contributed by atoms with Gasteiger partial charge in [0.15, 0.2) is 11.5 Å². The molecule has 0 saturated carbocycles. The normalized spacial score (nSPS) is 17.4. The minimum absolute atomic E-state index is 0.112. The number of nitrogen functional groups attached to an aromatic ring is 1. The molecule has 1 aromatic carbocycles. The van der Waals surface area contributed by atoms with E-state index >= 15 is 0 Å². The third kappa shape index (κ3) is 7.22. The van der Waals surface area contributed by atoms with Crippen LogP contribution in [-0.2, 0) is 23.4 Å². The average Bonchev–Trinajstić information content (AvgIpc) is 3.28. The third-order valence-electron chi connectivity index (χ3n) is 5.11. The van der Waals surface area contributed by atoms with Crippen molar-refractivity contribution in [1.29, 1.82) is 0 Å². The molecule has 6 atom stereocenters. The monoisotopic (exact) mass is 538 g/mol. The molecule has 15 heteroatoms. The average molecular weight is 538 g/mol. The fourth-order valence-corrected chi connectivity index (χ4v) is 5.08. The van der Waals surface area contributed by atoms with Crippen LogP contribution in [0.15, 0.2) is 43.0 Å². The maximum atomic E-state index is 13.8. The molecule has 2 aromatic heterocycles. The summed E-state index contributed by atoms with van der Waals surface area (Å²) in [4.78, 5) is 24.1. The molecule has 5 N–H and O–H groups in total. The van der Waals surface area contributed by atoms with E-state index in [-0.39, 0.29) is 29.3 Å². The molecule has 0 amide bonds. The van der Waals surface area contributed by atoms with Crippen molar-refractivity contribution in [2.75, 3.05) is 12.3 Å². The molecule has 0 saturated heterocycles. The lowest BCUT2D eigenvalue weighted by Crippen LogP contribution is -2.42. The van der Waals surface area contributed by atoms with Crippen molar-refractivity contribution in [2.24, 2.45) is 0 Å². The minimum Gasteiger partial charge on any atom is -0.465 e. The zero-order valence-corrected chi connectivity index (χ0v) is 21.7. The van der Waals surface area contributed by atoms with E-state index in [9.17, 15) is 19.6 Å². The lowest BCUT2D eigenvalue weighted by molar-refractivity contribution is -0.221. The van der Waals surface area contributed by atoms with E-state index in [0.29, 0.717) is 0 Å². The van der Waals surface area contributed by atoms with Crippen molar-refractivity contribution in [3.05, 3.63) is 43.0 Å². The fourth-order valence-electron chi connectivity index (χ4n) is 3.39. The first-order valence-corrected chi connectivity index (χ1v) is 13.0. The number of hydrogen-bond acceptors (Lipinski definition) is 12. The maximum Gasteiger partial charge on any atom is 0.459 e. The van der Waals surface area contributed by atoms with Gasteiger partial charge in [0.2, 0.25) is 6.41 Å². The van der Waals surface area contributed by atoms with Crippen molar-refractivity contribution >= 4 is 30.7 Å². The third-order valence-corrected chi connectivity index (χ3v) is 6.87. The number of nitrogens with two attached hydrogens (primary N) is 1. The van der Waals surface area contributed by atoms with E-state index in [4.69, 9.17) is 24.3 Å². The number of ether oxygens (including phenoxy) is 2. The van der Waals surface area contributed by atoms with Gasteiger partial charge in [-0.15, -0.1) is 0 Å². The number of nitrogens with zero attached hydrogens (tertiary/aromatic N) is 4. The molecule has 14 nitrogen and oxygen atoms in total. The summed E-state index contributed by atoms with van der Waals surface area (Å²) < 4.78 is 36.9. The van der Waals surface area contributed by atoms with Crippen molar-refractivity contribution in [3.63, 3.8) is 0 Å². The van der Waals surface area contributed by atoms with Crippen molar-refractivity contribution in [3.8, 4) is 5.75 Å². The summed E-state index contributed by atoms with van der Waals surface area (Å²) in [5.41, 5.74) is 6.23. The predicted molar refractivity (Wildman–Crippen MR) is 132 cm³/mol. The second-order valence-electron chi connectivity index (χ2n) is 8.07. The number of carbonyl (C=O) groups is 1. The number of aliphatic hydroxyl groups excluding tert-OH is 2. The summed E-state index contributed by atoms with van der Waals surface area (Å²) in [5, 5.41) is 23.7. The number of carbonyl (C=O) groups excluding carboxylic acids is 1. The van der Waals surface area contributed by atoms with Gasteiger partial charge >= 0.3 is 13.7 Å². The summed E-state index contributed by atoms with van der Waals surface area (Å²) in [6, 6.07) is 7.14. The lowest BCUT2D eigenvalue weighted by Gasteiger charge is -2.32. The summed E-state index contributed by atoms with van der Waals surface area (Å²) in [5.74, 6) is -0.346. The Bertz CT molecular complexity index is 1230. The van der Waals surface area contributed by atoms with Crippen LogP contribution < -0.4 is 15.3 Å². The second-order valence-corrected chi connectivity index (χ2v) is 9.71. The topological polar surface area (TPSA) is 193 Å². The molecular formula is C22H31N6O8P. The Morgan fingerprint density at radius 3 is 2.51 bits per heavy atom. The Balaban J connectivity index is 1.82. The van der Waals surface area contributed by atoms with Crippen molar-refractivity contribution in [2.45, 2.75) is 58.5 Å². The molecule has 0 spiro atoms. The van der Waals surface area contributed by atoms with Gasteiger partial charge < -0.3 is 29.9 Å². The van der Waals surface area contributed by atoms with Crippen molar-refractivity contribution < 1.29 is 38.1 Å². The molecule has 202 valence electrons. The number of benzene rings is 1. The van der Waals surface area contributed by atoms with Gasteiger partial charge in [-0.2, -0.15) is 5.09 Å². The molecular weight excluding hydrogens is 507 g/mol. The van der Waals surface area contributed by atoms with Crippen LogP contribution in [0.3, 0.4) is 0 Å². The number of nitrogens with one attached hydrogen (secondary N) is 1. The van der Waals surface area contributed by atoms with Crippen LogP contribution in [-0.4, -0.2) is 66.7 Å². The van der Waals surface area contributed by atoms with E-state index in [1.165, 1.54) is 38.0 Å². The summed E-state index contributed by atoms with van der Waals surface area (Å²) in [7, 11) is -4.25. The number of imidazole rings is 1. The molecule has 0 bridgehead atoms. The fraction of sp³-hybridized carbons (Fsp3) is 0.455. The SMILES string of the molecule is CCOC(=O)C(C)NP(=O)(Oc1ccccc1)OC(C)[C@@H](OC(O)n1cnc2c(N)ncnc21)C(C)O. The highest BCUT2D eigenvalue weighted by Crippen LogP contribution is 2.47. The largest absolute Gasteiger partial charge is 0.465 e. The molecule has 3 rings (SSSR count). The Kier molecular flexibility index (Phi) is 9.54. The van der Waals surface area contributed by atoms with Crippen LogP contribution in [0.5, 0.6) is 5.75 Å². The summed E-state index contributed by atoms with van der Waals surface area (Å²) >= 11 is 0. The van der Waals surface area contributed by atoms with E-state index < -0.39 is 44.5 Å². The molecule has 2 heterocycles. The van der Waals surface area contributed by atoms with Gasteiger partial charge in [0, 0.05) is 0 Å². The molecule has 5 unspecified atom stereocenters. The molecule has 0 aliphatic heterocycles. The van der Waals surface area contributed by atoms with Crippen LogP contribution in [0, 0.1) is 0 Å². The van der Waals surface area contributed by atoms with E-state index in [1.807, 2.05) is 0 Å². The molecule has 0 radical (unpaired) electrons. The summed E-state index contributed by atoms with van der Waals surface area (Å²) in [6.45, 7) is 6.08. The van der Waals surface area contributed by atoms with Crippen LogP contribution >= 0.6 is 7.75 Å².